The number of likely N-dealkylation sites (tertiary alicyclic amines) is 1. The fraction of sp³-hybridized carbons (Fsp3) is 0.312. The Balaban J connectivity index is 1.65. The van der Waals surface area contributed by atoms with Gasteiger partial charge in [-0.2, -0.15) is 0 Å². The predicted molar refractivity (Wildman–Crippen MR) is 150 cm³/mol. The second-order valence-corrected chi connectivity index (χ2v) is 9.51. The number of hydrogen-bond acceptors (Lipinski definition) is 6. The molecule has 3 aromatic carbocycles. The van der Waals surface area contributed by atoms with Gasteiger partial charge < -0.3 is 24.2 Å². The van der Waals surface area contributed by atoms with Crippen molar-refractivity contribution >= 4 is 17.4 Å². The largest absolute Gasteiger partial charge is 0.507 e. The van der Waals surface area contributed by atoms with Gasteiger partial charge in [0.2, 0.25) is 0 Å². The summed E-state index contributed by atoms with van der Waals surface area (Å²) in [5.41, 5.74) is 3.03. The highest BCUT2D eigenvalue weighted by atomic mass is 16.5. The van der Waals surface area contributed by atoms with E-state index in [-0.39, 0.29) is 24.5 Å². The Hall–Kier alpha value is -4.10. The number of methoxy groups -OCH3 is 1. The molecule has 1 amide bonds. The van der Waals surface area contributed by atoms with Crippen molar-refractivity contribution < 1.29 is 28.9 Å². The van der Waals surface area contributed by atoms with E-state index in [4.69, 9.17) is 14.2 Å². The molecule has 0 aromatic heterocycles. The molecule has 1 N–H and O–H groups in total. The smallest absolute Gasteiger partial charge is 0.295 e. The van der Waals surface area contributed by atoms with Gasteiger partial charge in [0.15, 0.2) is 0 Å². The number of carbonyl (C=O) groups is 2. The topological polar surface area (TPSA) is 85.3 Å². The van der Waals surface area contributed by atoms with Crippen LogP contribution in [0.4, 0.5) is 0 Å². The average molecular weight is 530 g/mol. The van der Waals surface area contributed by atoms with Crippen LogP contribution in [0.1, 0.15) is 48.1 Å². The van der Waals surface area contributed by atoms with Gasteiger partial charge in [-0.25, -0.2) is 0 Å². The van der Waals surface area contributed by atoms with Gasteiger partial charge in [-0.15, -0.1) is 0 Å². The number of ether oxygens (including phenoxy) is 3. The normalized spacial score (nSPS) is 16.5. The Kier molecular flexibility index (Phi) is 9.39. The van der Waals surface area contributed by atoms with E-state index in [9.17, 15) is 14.7 Å². The summed E-state index contributed by atoms with van der Waals surface area (Å²) in [6.45, 7) is 5.48. The van der Waals surface area contributed by atoms with Crippen molar-refractivity contribution in [1.29, 1.82) is 0 Å². The Morgan fingerprint density at radius 2 is 1.69 bits per heavy atom. The zero-order valence-electron chi connectivity index (χ0n) is 22.7. The molecule has 0 radical (unpaired) electrons. The molecule has 39 heavy (non-hydrogen) atoms. The van der Waals surface area contributed by atoms with Crippen LogP contribution in [0.3, 0.4) is 0 Å². The van der Waals surface area contributed by atoms with E-state index >= 15 is 0 Å². The number of aliphatic hydroxyl groups excluding tert-OH is 1. The number of amides is 1. The van der Waals surface area contributed by atoms with E-state index < -0.39 is 17.7 Å². The zero-order valence-corrected chi connectivity index (χ0v) is 22.7. The van der Waals surface area contributed by atoms with Crippen LogP contribution in [0.25, 0.3) is 5.76 Å². The van der Waals surface area contributed by atoms with E-state index in [0.29, 0.717) is 35.8 Å². The SMILES string of the molecule is CCCCOc1ccc(C2/C(=C(/O)c3ccc(OCc4ccccc4)c(C)c3)C(=O)C(=O)N2CCOC)cc1. The highest BCUT2D eigenvalue weighted by Gasteiger charge is 2.45. The molecule has 0 saturated carbocycles. The molecule has 204 valence electrons. The predicted octanol–water partition coefficient (Wildman–Crippen LogP) is 5.82. The van der Waals surface area contributed by atoms with Gasteiger partial charge in [0.1, 0.15) is 23.9 Å². The monoisotopic (exact) mass is 529 g/mol. The van der Waals surface area contributed by atoms with E-state index in [1.807, 2.05) is 61.5 Å². The number of rotatable bonds is 12. The molecule has 1 aliphatic heterocycles. The summed E-state index contributed by atoms with van der Waals surface area (Å²) in [5.74, 6) is -0.228. The molecule has 4 rings (SSSR count). The number of benzene rings is 3. The lowest BCUT2D eigenvalue weighted by Gasteiger charge is -2.25. The van der Waals surface area contributed by atoms with Gasteiger partial charge in [0.25, 0.3) is 11.7 Å². The van der Waals surface area contributed by atoms with E-state index in [1.165, 1.54) is 12.0 Å². The first-order chi connectivity index (χ1) is 18.9. The van der Waals surface area contributed by atoms with Crippen LogP contribution < -0.4 is 9.47 Å². The number of unbranched alkanes of at least 4 members (excludes halogenated alkanes) is 1. The van der Waals surface area contributed by atoms with Crippen LogP contribution in [0, 0.1) is 6.92 Å². The summed E-state index contributed by atoms with van der Waals surface area (Å²) < 4.78 is 16.9. The Labute approximate surface area is 229 Å². The quantitative estimate of drug-likeness (QED) is 0.138. The van der Waals surface area contributed by atoms with E-state index in [1.54, 1.807) is 18.2 Å². The Bertz CT molecular complexity index is 1320. The molecule has 3 aromatic rings. The number of Topliss-reactive ketones (excluding diaryl/α,β-unsaturated/α-hetero) is 1. The first-order valence-electron chi connectivity index (χ1n) is 13.2. The second-order valence-electron chi connectivity index (χ2n) is 9.51. The molecule has 7 nitrogen and oxygen atoms in total. The highest BCUT2D eigenvalue weighted by molar-refractivity contribution is 6.46. The molecule has 0 spiro atoms. The third kappa shape index (κ3) is 6.49. The highest BCUT2D eigenvalue weighted by Crippen LogP contribution is 2.40. The summed E-state index contributed by atoms with van der Waals surface area (Å²) >= 11 is 0. The minimum Gasteiger partial charge on any atom is -0.507 e. The molecule has 1 fully saturated rings. The Morgan fingerprint density at radius 3 is 2.36 bits per heavy atom. The second kappa shape index (κ2) is 13.1. The van der Waals surface area contributed by atoms with Crippen LogP contribution in [0.5, 0.6) is 11.5 Å². The maximum atomic E-state index is 13.2. The molecule has 1 atom stereocenters. The molecule has 1 aliphatic rings. The number of aryl methyl sites for hydroxylation is 1. The maximum Gasteiger partial charge on any atom is 0.295 e. The summed E-state index contributed by atoms with van der Waals surface area (Å²) in [5, 5.41) is 11.4. The van der Waals surface area contributed by atoms with Crippen molar-refractivity contribution in [2.24, 2.45) is 0 Å². The van der Waals surface area contributed by atoms with E-state index in [2.05, 4.69) is 6.92 Å². The summed E-state index contributed by atoms with van der Waals surface area (Å²) in [6.07, 6.45) is 1.99. The van der Waals surface area contributed by atoms with Crippen LogP contribution >= 0.6 is 0 Å². The molecule has 7 heteroatoms. The van der Waals surface area contributed by atoms with Crippen LogP contribution in [0.2, 0.25) is 0 Å². The molecular formula is C32H35NO6. The van der Waals surface area contributed by atoms with Gasteiger partial charge in [-0.3, -0.25) is 9.59 Å². The number of hydrogen-bond donors (Lipinski definition) is 1. The van der Waals surface area contributed by atoms with Crippen molar-refractivity contribution in [1.82, 2.24) is 4.90 Å². The number of ketones is 1. The van der Waals surface area contributed by atoms with Crippen molar-refractivity contribution in [3.05, 3.63) is 101 Å². The third-order valence-corrected chi connectivity index (χ3v) is 6.72. The van der Waals surface area contributed by atoms with Gasteiger partial charge >= 0.3 is 0 Å². The minimum atomic E-state index is -0.751. The molecule has 1 unspecified atom stereocenters. The fourth-order valence-electron chi connectivity index (χ4n) is 4.58. The molecule has 0 bridgehead atoms. The maximum absolute atomic E-state index is 13.2. The van der Waals surface area contributed by atoms with Gasteiger partial charge in [0.05, 0.1) is 24.8 Å². The molecule has 1 saturated heterocycles. The van der Waals surface area contributed by atoms with Crippen molar-refractivity contribution in [2.45, 2.75) is 39.3 Å². The number of aliphatic hydroxyl groups is 1. The fourth-order valence-corrected chi connectivity index (χ4v) is 4.58. The molecule has 1 heterocycles. The summed E-state index contributed by atoms with van der Waals surface area (Å²) in [4.78, 5) is 27.7. The Morgan fingerprint density at radius 1 is 0.949 bits per heavy atom. The van der Waals surface area contributed by atoms with Crippen molar-refractivity contribution in [3.8, 4) is 11.5 Å². The lowest BCUT2D eigenvalue weighted by atomic mass is 9.94. The number of carbonyl (C=O) groups excluding carboxylic acids is 2. The standard InChI is InChI=1S/C32H35NO6/c1-4-5-18-38-26-14-11-24(12-15-26)29-28(31(35)32(36)33(29)17-19-37-3)30(34)25-13-16-27(22(2)20-25)39-21-23-9-7-6-8-10-23/h6-16,20,29,34H,4-5,17-19,21H2,1-3H3/b30-28-. The first-order valence-corrected chi connectivity index (χ1v) is 13.2. The van der Waals surface area contributed by atoms with E-state index in [0.717, 1.165) is 24.0 Å². The summed E-state index contributed by atoms with van der Waals surface area (Å²) in [7, 11) is 1.54. The van der Waals surface area contributed by atoms with Crippen LogP contribution in [0.15, 0.2) is 78.4 Å². The first kappa shape index (κ1) is 27.9. The molecular weight excluding hydrogens is 494 g/mol. The van der Waals surface area contributed by atoms with Gasteiger partial charge in [-0.1, -0.05) is 55.8 Å². The van der Waals surface area contributed by atoms with Crippen molar-refractivity contribution in [2.75, 3.05) is 26.9 Å². The zero-order chi connectivity index (χ0) is 27.8. The lowest BCUT2D eigenvalue weighted by Crippen LogP contribution is -2.32. The van der Waals surface area contributed by atoms with Crippen LogP contribution in [-0.2, 0) is 20.9 Å². The lowest BCUT2D eigenvalue weighted by molar-refractivity contribution is -0.140. The van der Waals surface area contributed by atoms with Crippen LogP contribution in [-0.4, -0.2) is 48.6 Å². The number of nitrogens with zero attached hydrogens (tertiary/aromatic N) is 1. The molecule has 0 aliphatic carbocycles. The van der Waals surface area contributed by atoms with Gasteiger partial charge in [0, 0.05) is 19.2 Å². The van der Waals surface area contributed by atoms with Crippen molar-refractivity contribution in [3.63, 3.8) is 0 Å². The minimum absolute atomic E-state index is 0.0492. The summed E-state index contributed by atoms with van der Waals surface area (Å²) in [6, 6.07) is 21.6. The third-order valence-electron chi connectivity index (χ3n) is 6.72. The average Bonchev–Trinajstić information content (AvgIpc) is 3.21. The van der Waals surface area contributed by atoms with Gasteiger partial charge in [-0.05, 0) is 60.4 Å².